The summed E-state index contributed by atoms with van der Waals surface area (Å²) in [5.74, 6) is -0.0246. The Morgan fingerprint density at radius 1 is 1.00 bits per heavy atom. The van der Waals surface area contributed by atoms with E-state index in [1.165, 1.54) is 16.7 Å². The zero-order valence-corrected chi connectivity index (χ0v) is 15.7. The molecule has 23 heavy (non-hydrogen) atoms. The predicted molar refractivity (Wildman–Crippen MR) is 96.1 cm³/mol. The van der Waals surface area contributed by atoms with Crippen molar-refractivity contribution in [3.63, 3.8) is 0 Å². The smallest absolute Gasteiger partial charge is 0.164 e. The molecule has 0 N–H and O–H groups in total. The van der Waals surface area contributed by atoms with Crippen molar-refractivity contribution in [3.8, 4) is 0 Å². The minimum Gasteiger partial charge on any atom is -0.340 e. The van der Waals surface area contributed by atoms with E-state index in [-0.39, 0.29) is 12.2 Å². The standard InChI is InChI=1S/C20H26O2Si/c1-20(2)21-18-16-14(13-9-7-6-8-10-13)11-12-15(23(3,4)5)17(16)19(18)22-20/h6-10,12,14,18-19H,11H2,1-5H3/t14?,18-,19+/m1/s1. The molecule has 0 bridgehead atoms. The molecule has 2 aliphatic carbocycles. The third-order valence-corrected chi connectivity index (χ3v) is 7.32. The van der Waals surface area contributed by atoms with Gasteiger partial charge in [0.05, 0.1) is 8.07 Å². The Kier molecular flexibility index (Phi) is 3.29. The number of rotatable bonds is 2. The van der Waals surface area contributed by atoms with Crippen LogP contribution in [0.25, 0.3) is 0 Å². The molecular weight excluding hydrogens is 300 g/mol. The number of hydrogen-bond acceptors (Lipinski definition) is 2. The molecule has 0 spiro atoms. The molecule has 2 nitrogen and oxygen atoms in total. The molecule has 0 aromatic heterocycles. The summed E-state index contributed by atoms with van der Waals surface area (Å²) in [6, 6.07) is 10.9. The molecule has 1 saturated heterocycles. The molecule has 3 heteroatoms. The largest absolute Gasteiger partial charge is 0.340 e. The van der Waals surface area contributed by atoms with Crippen LogP contribution in [0.4, 0.5) is 0 Å². The number of benzene rings is 1. The fourth-order valence-electron chi connectivity index (χ4n) is 4.30. The van der Waals surface area contributed by atoms with E-state index in [4.69, 9.17) is 9.47 Å². The van der Waals surface area contributed by atoms with Crippen LogP contribution in [0.1, 0.15) is 31.7 Å². The molecule has 1 aromatic rings. The van der Waals surface area contributed by atoms with Gasteiger partial charge in [-0.25, -0.2) is 0 Å². The van der Waals surface area contributed by atoms with Gasteiger partial charge in [-0.2, -0.15) is 0 Å². The SMILES string of the molecule is CC1(C)O[C@@H]2C3=C(C([Si](C)(C)C)=CCC3c3ccccc3)[C@@H]2O1. The van der Waals surface area contributed by atoms with Crippen LogP contribution in [-0.4, -0.2) is 26.1 Å². The lowest BCUT2D eigenvalue weighted by molar-refractivity contribution is -0.137. The Balaban J connectivity index is 1.78. The molecule has 1 heterocycles. The first kappa shape index (κ1) is 15.4. The summed E-state index contributed by atoms with van der Waals surface area (Å²) in [7, 11) is -1.38. The Bertz CT molecular complexity index is 694. The second-order valence-corrected chi connectivity index (χ2v) is 13.5. The monoisotopic (exact) mass is 326 g/mol. The number of hydrogen-bond donors (Lipinski definition) is 0. The molecule has 3 atom stereocenters. The fraction of sp³-hybridized carbons (Fsp3) is 0.500. The molecule has 122 valence electrons. The summed E-state index contributed by atoms with van der Waals surface area (Å²) < 4.78 is 12.5. The van der Waals surface area contributed by atoms with E-state index in [0.717, 1.165) is 6.42 Å². The van der Waals surface area contributed by atoms with Crippen LogP contribution in [0.3, 0.4) is 0 Å². The first-order valence-electron chi connectivity index (χ1n) is 8.63. The highest BCUT2D eigenvalue weighted by Gasteiger charge is 2.57. The highest BCUT2D eigenvalue weighted by Crippen LogP contribution is 2.56. The van der Waals surface area contributed by atoms with Crippen molar-refractivity contribution in [3.05, 3.63) is 58.3 Å². The van der Waals surface area contributed by atoms with E-state index in [0.29, 0.717) is 5.92 Å². The molecule has 1 aliphatic heterocycles. The quantitative estimate of drug-likeness (QED) is 0.726. The average molecular weight is 327 g/mol. The molecule has 4 rings (SSSR count). The van der Waals surface area contributed by atoms with Gasteiger partial charge in [-0.3, -0.25) is 0 Å². The lowest BCUT2D eigenvalue weighted by atomic mass is 9.69. The van der Waals surface area contributed by atoms with Gasteiger partial charge in [0.15, 0.2) is 5.79 Å². The van der Waals surface area contributed by atoms with Crippen molar-refractivity contribution >= 4 is 8.07 Å². The van der Waals surface area contributed by atoms with Gasteiger partial charge in [0.25, 0.3) is 0 Å². The predicted octanol–water partition coefficient (Wildman–Crippen LogP) is 4.81. The van der Waals surface area contributed by atoms with Gasteiger partial charge in [-0.15, -0.1) is 0 Å². The van der Waals surface area contributed by atoms with Crippen LogP contribution in [0.2, 0.25) is 19.6 Å². The summed E-state index contributed by atoms with van der Waals surface area (Å²) in [4.78, 5) is 0. The van der Waals surface area contributed by atoms with Gasteiger partial charge in [0.1, 0.15) is 12.2 Å². The van der Waals surface area contributed by atoms with E-state index in [1.54, 1.807) is 5.20 Å². The van der Waals surface area contributed by atoms with Crippen LogP contribution < -0.4 is 0 Å². The second-order valence-electron chi connectivity index (χ2n) is 8.41. The number of fused-ring (bicyclic) bond motifs is 3. The Morgan fingerprint density at radius 2 is 1.65 bits per heavy atom. The van der Waals surface area contributed by atoms with Crippen molar-refractivity contribution in [2.45, 2.75) is 63.8 Å². The summed E-state index contributed by atoms with van der Waals surface area (Å²) in [5, 5.41) is 1.59. The molecule has 1 unspecified atom stereocenters. The van der Waals surface area contributed by atoms with E-state index < -0.39 is 13.9 Å². The van der Waals surface area contributed by atoms with Crippen LogP contribution >= 0.6 is 0 Å². The van der Waals surface area contributed by atoms with Crippen LogP contribution in [0, 0.1) is 0 Å². The summed E-state index contributed by atoms with van der Waals surface area (Å²) in [5.41, 5.74) is 4.36. The lowest BCUT2D eigenvalue weighted by Gasteiger charge is -2.45. The van der Waals surface area contributed by atoms with E-state index in [2.05, 4.69) is 56.0 Å². The van der Waals surface area contributed by atoms with Gasteiger partial charge in [0.2, 0.25) is 0 Å². The van der Waals surface area contributed by atoms with E-state index >= 15 is 0 Å². The normalized spacial score (nSPS) is 32.0. The molecule has 0 amide bonds. The van der Waals surface area contributed by atoms with Gasteiger partial charge >= 0.3 is 0 Å². The van der Waals surface area contributed by atoms with Gasteiger partial charge < -0.3 is 9.47 Å². The van der Waals surface area contributed by atoms with Gasteiger partial charge in [0, 0.05) is 5.92 Å². The van der Waals surface area contributed by atoms with Crippen molar-refractivity contribution < 1.29 is 9.47 Å². The Labute approximate surface area is 140 Å². The second kappa shape index (κ2) is 4.92. The molecular formula is C20H26O2Si. The van der Waals surface area contributed by atoms with Gasteiger partial charge in [-0.05, 0) is 37.0 Å². The van der Waals surface area contributed by atoms with Crippen molar-refractivity contribution in [2.75, 3.05) is 0 Å². The maximum Gasteiger partial charge on any atom is 0.164 e. The minimum absolute atomic E-state index is 0.143. The zero-order valence-electron chi connectivity index (χ0n) is 14.7. The molecule has 1 aromatic carbocycles. The highest BCUT2D eigenvalue weighted by atomic mass is 28.3. The first-order valence-corrected chi connectivity index (χ1v) is 12.1. The van der Waals surface area contributed by atoms with Crippen molar-refractivity contribution in [1.82, 2.24) is 0 Å². The molecule has 0 saturated carbocycles. The number of allylic oxidation sites excluding steroid dienone is 1. The Hall–Kier alpha value is -1.16. The topological polar surface area (TPSA) is 18.5 Å². The average Bonchev–Trinajstić information content (AvgIpc) is 2.76. The first-order chi connectivity index (χ1) is 10.8. The Morgan fingerprint density at radius 3 is 2.30 bits per heavy atom. The van der Waals surface area contributed by atoms with E-state index in [1.807, 2.05) is 13.8 Å². The summed E-state index contributed by atoms with van der Waals surface area (Å²) >= 11 is 0. The zero-order chi connectivity index (χ0) is 16.4. The molecule has 1 fully saturated rings. The van der Waals surface area contributed by atoms with Gasteiger partial charge in [-0.1, -0.05) is 61.2 Å². The summed E-state index contributed by atoms with van der Waals surface area (Å²) in [6.07, 6.45) is 3.87. The fourth-order valence-corrected chi connectivity index (χ4v) is 6.12. The van der Waals surface area contributed by atoms with E-state index in [9.17, 15) is 0 Å². The van der Waals surface area contributed by atoms with Crippen LogP contribution in [0.5, 0.6) is 0 Å². The lowest BCUT2D eigenvalue weighted by Crippen LogP contribution is -2.47. The highest BCUT2D eigenvalue weighted by molar-refractivity contribution is 6.84. The maximum atomic E-state index is 6.24. The molecule has 3 aliphatic rings. The maximum absolute atomic E-state index is 6.24. The third kappa shape index (κ3) is 2.37. The van der Waals surface area contributed by atoms with Crippen LogP contribution in [-0.2, 0) is 9.47 Å². The van der Waals surface area contributed by atoms with Crippen LogP contribution in [0.15, 0.2) is 52.8 Å². The van der Waals surface area contributed by atoms with Crippen molar-refractivity contribution in [2.24, 2.45) is 0 Å². The molecule has 0 radical (unpaired) electrons. The van der Waals surface area contributed by atoms with Crippen molar-refractivity contribution in [1.29, 1.82) is 0 Å². The third-order valence-electron chi connectivity index (χ3n) is 5.23. The summed E-state index contributed by atoms with van der Waals surface area (Å²) in [6.45, 7) is 11.4. The number of ether oxygens (including phenoxy) is 2. The minimum atomic E-state index is -1.38.